The molecule has 1 N–H and O–H groups in total. The minimum atomic E-state index is -0.128. The molecule has 1 aliphatic rings. The van der Waals surface area contributed by atoms with Gasteiger partial charge in [-0.05, 0) is 49.4 Å². The highest BCUT2D eigenvalue weighted by molar-refractivity contribution is 5.46. The maximum atomic E-state index is 14.3. The molecule has 2 heteroatoms. The second-order valence-electron chi connectivity index (χ2n) is 6.08. The molecule has 0 aliphatic carbocycles. The average molecular weight is 283 g/mol. The fourth-order valence-electron chi connectivity index (χ4n) is 3.43. The Balaban J connectivity index is 2.16. The van der Waals surface area contributed by atoms with Gasteiger partial charge in [0.15, 0.2) is 0 Å². The van der Waals surface area contributed by atoms with Gasteiger partial charge < -0.3 is 5.32 Å². The van der Waals surface area contributed by atoms with E-state index in [-0.39, 0.29) is 11.9 Å². The van der Waals surface area contributed by atoms with E-state index in [0.29, 0.717) is 6.04 Å². The number of aryl methyl sites for hydroxylation is 2. The molecule has 2 aromatic carbocycles. The third-order valence-corrected chi connectivity index (χ3v) is 4.52. The maximum Gasteiger partial charge on any atom is 0.128 e. The van der Waals surface area contributed by atoms with Gasteiger partial charge in [0.05, 0.1) is 6.04 Å². The van der Waals surface area contributed by atoms with Crippen LogP contribution in [0.2, 0.25) is 0 Å². The number of fused-ring (bicyclic) bond motifs is 1. The molecule has 0 amide bonds. The Morgan fingerprint density at radius 2 is 1.90 bits per heavy atom. The molecular formula is C19H22FN. The Morgan fingerprint density at radius 1 is 1.14 bits per heavy atom. The molecule has 2 aromatic rings. The lowest BCUT2D eigenvalue weighted by atomic mass is 9.82. The highest BCUT2D eigenvalue weighted by Crippen LogP contribution is 2.34. The van der Waals surface area contributed by atoms with E-state index in [1.165, 1.54) is 22.3 Å². The predicted molar refractivity (Wildman–Crippen MR) is 85.1 cm³/mol. The van der Waals surface area contributed by atoms with Crippen molar-refractivity contribution in [3.63, 3.8) is 0 Å². The Bertz CT molecular complexity index is 663. The number of hydrogen-bond acceptors (Lipinski definition) is 1. The first-order chi connectivity index (χ1) is 10.1. The van der Waals surface area contributed by atoms with Gasteiger partial charge in [-0.15, -0.1) is 0 Å². The molecule has 1 heterocycles. The standard InChI is InChI=1S/C19H22FN/c1-4-14-11-16-13(3)9-12(2)10-17(16)19(21-14)15-7-5-6-8-18(15)20/h5-10,14,19,21H,4,11H2,1-3H3. The van der Waals surface area contributed by atoms with E-state index >= 15 is 0 Å². The van der Waals surface area contributed by atoms with Gasteiger partial charge in [0.25, 0.3) is 0 Å². The lowest BCUT2D eigenvalue weighted by Gasteiger charge is -2.34. The summed E-state index contributed by atoms with van der Waals surface area (Å²) in [6.45, 7) is 6.46. The summed E-state index contributed by atoms with van der Waals surface area (Å²) in [5, 5.41) is 3.63. The quantitative estimate of drug-likeness (QED) is 0.858. The van der Waals surface area contributed by atoms with Crippen LogP contribution in [0, 0.1) is 19.7 Å². The molecule has 0 radical (unpaired) electrons. The van der Waals surface area contributed by atoms with Crippen LogP contribution in [-0.2, 0) is 6.42 Å². The largest absolute Gasteiger partial charge is 0.303 e. The van der Waals surface area contributed by atoms with Gasteiger partial charge in [-0.3, -0.25) is 0 Å². The number of hydrogen-bond donors (Lipinski definition) is 1. The van der Waals surface area contributed by atoms with Crippen molar-refractivity contribution in [3.8, 4) is 0 Å². The van der Waals surface area contributed by atoms with E-state index in [9.17, 15) is 4.39 Å². The van der Waals surface area contributed by atoms with Crippen LogP contribution < -0.4 is 5.32 Å². The fourth-order valence-corrected chi connectivity index (χ4v) is 3.43. The van der Waals surface area contributed by atoms with Crippen molar-refractivity contribution in [2.75, 3.05) is 0 Å². The third-order valence-electron chi connectivity index (χ3n) is 4.52. The summed E-state index contributed by atoms with van der Waals surface area (Å²) in [4.78, 5) is 0. The second-order valence-corrected chi connectivity index (χ2v) is 6.08. The molecule has 110 valence electrons. The molecule has 1 nitrogen and oxygen atoms in total. The molecule has 0 saturated heterocycles. The van der Waals surface area contributed by atoms with Gasteiger partial charge in [-0.25, -0.2) is 4.39 Å². The molecule has 1 aliphatic heterocycles. The predicted octanol–water partition coefficient (Wildman–Crippen LogP) is 4.46. The summed E-state index contributed by atoms with van der Waals surface area (Å²) >= 11 is 0. The second kappa shape index (κ2) is 5.61. The normalized spacial score (nSPS) is 21.1. The Labute approximate surface area is 126 Å². The molecule has 0 spiro atoms. The van der Waals surface area contributed by atoms with Crippen LogP contribution in [-0.4, -0.2) is 6.04 Å². The summed E-state index contributed by atoms with van der Waals surface area (Å²) < 4.78 is 14.3. The first-order valence-electron chi connectivity index (χ1n) is 7.70. The fraction of sp³-hybridized carbons (Fsp3) is 0.368. The van der Waals surface area contributed by atoms with E-state index in [1.807, 2.05) is 12.1 Å². The number of halogens is 1. The van der Waals surface area contributed by atoms with Gasteiger partial charge in [0.1, 0.15) is 5.82 Å². The van der Waals surface area contributed by atoms with E-state index < -0.39 is 0 Å². The topological polar surface area (TPSA) is 12.0 Å². The van der Waals surface area contributed by atoms with Crippen LogP contribution in [0.4, 0.5) is 4.39 Å². The van der Waals surface area contributed by atoms with Gasteiger partial charge in [-0.2, -0.15) is 0 Å². The molecular weight excluding hydrogens is 261 g/mol. The highest BCUT2D eigenvalue weighted by Gasteiger charge is 2.29. The molecule has 0 bridgehead atoms. The van der Waals surface area contributed by atoms with E-state index in [4.69, 9.17) is 0 Å². The third kappa shape index (κ3) is 2.60. The Hall–Kier alpha value is -1.67. The average Bonchev–Trinajstić information content (AvgIpc) is 2.47. The van der Waals surface area contributed by atoms with Crippen molar-refractivity contribution < 1.29 is 4.39 Å². The Morgan fingerprint density at radius 3 is 2.62 bits per heavy atom. The molecule has 0 aromatic heterocycles. The van der Waals surface area contributed by atoms with Gasteiger partial charge in [0, 0.05) is 11.6 Å². The molecule has 2 atom stereocenters. The zero-order chi connectivity index (χ0) is 15.0. The first kappa shape index (κ1) is 14.3. The van der Waals surface area contributed by atoms with Gasteiger partial charge >= 0.3 is 0 Å². The van der Waals surface area contributed by atoms with Crippen molar-refractivity contribution >= 4 is 0 Å². The maximum absolute atomic E-state index is 14.3. The first-order valence-corrected chi connectivity index (χ1v) is 7.70. The molecule has 21 heavy (non-hydrogen) atoms. The lowest BCUT2D eigenvalue weighted by molar-refractivity contribution is 0.417. The van der Waals surface area contributed by atoms with Crippen LogP contribution in [0.25, 0.3) is 0 Å². The molecule has 0 fully saturated rings. The SMILES string of the molecule is CCC1Cc2c(C)cc(C)cc2C(c2ccccc2F)N1. The summed E-state index contributed by atoms with van der Waals surface area (Å²) in [5.74, 6) is -0.128. The zero-order valence-electron chi connectivity index (χ0n) is 12.9. The minimum Gasteiger partial charge on any atom is -0.303 e. The number of benzene rings is 2. The van der Waals surface area contributed by atoms with Crippen LogP contribution in [0.15, 0.2) is 36.4 Å². The summed E-state index contributed by atoms with van der Waals surface area (Å²) in [7, 11) is 0. The molecule has 3 rings (SSSR count). The summed E-state index contributed by atoms with van der Waals surface area (Å²) in [5.41, 5.74) is 5.94. The van der Waals surface area contributed by atoms with Crippen molar-refractivity contribution in [2.45, 2.75) is 45.7 Å². The van der Waals surface area contributed by atoms with Crippen LogP contribution in [0.1, 0.15) is 47.2 Å². The minimum absolute atomic E-state index is 0.0431. The summed E-state index contributed by atoms with van der Waals surface area (Å²) in [6.07, 6.45) is 2.08. The van der Waals surface area contributed by atoms with E-state index in [1.54, 1.807) is 12.1 Å². The molecule has 2 unspecified atom stereocenters. The highest BCUT2D eigenvalue weighted by atomic mass is 19.1. The van der Waals surface area contributed by atoms with E-state index in [2.05, 4.69) is 38.2 Å². The lowest BCUT2D eigenvalue weighted by Crippen LogP contribution is -2.40. The van der Waals surface area contributed by atoms with Crippen molar-refractivity contribution in [1.82, 2.24) is 5.32 Å². The van der Waals surface area contributed by atoms with Crippen molar-refractivity contribution in [2.24, 2.45) is 0 Å². The van der Waals surface area contributed by atoms with Crippen molar-refractivity contribution in [3.05, 3.63) is 70.0 Å². The number of nitrogens with one attached hydrogen (secondary N) is 1. The van der Waals surface area contributed by atoms with Crippen LogP contribution in [0.5, 0.6) is 0 Å². The number of rotatable bonds is 2. The van der Waals surface area contributed by atoms with E-state index in [0.717, 1.165) is 18.4 Å². The van der Waals surface area contributed by atoms with Crippen LogP contribution in [0.3, 0.4) is 0 Å². The van der Waals surface area contributed by atoms with Gasteiger partial charge in [0.2, 0.25) is 0 Å². The molecule has 0 saturated carbocycles. The summed E-state index contributed by atoms with van der Waals surface area (Å²) in [6, 6.07) is 11.9. The zero-order valence-corrected chi connectivity index (χ0v) is 12.9. The Kier molecular flexibility index (Phi) is 3.81. The van der Waals surface area contributed by atoms with Crippen molar-refractivity contribution in [1.29, 1.82) is 0 Å². The smallest absolute Gasteiger partial charge is 0.128 e. The van der Waals surface area contributed by atoms with Crippen LogP contribution >= 0.6 is 0 Å². The van der Waals surface area contributed by atoms with Gasteiger partial charge in [-0.1, -0.05) is 42.8 Å². The monoisotopic (exact) mass is 283 g/mol.